The molecule has 1 aromatic rings. The van der Waals surface area contributed by atoms with Crippen LogP contribution in [0.3, 0.4) is 0 Å². The lowest BCUT2D eigenvalue weighted by molar-refractivity contribution is -0.121. The molecule has 2 saturated heterocycles. The van der Waals surface area contributed by atoms with Gasteiger partial charge in [-0.15, -0.1) is 0 Å². The van der Waals surface area contributed by atoms with Crippen LogP contribution in [-0.2, 0) is 11.8 Å². The molecular formula is C18H29N5O2. The maximum Gasteiger partial charge on any atom is 0.268 e. The summed E-state index contributed by atoms with van der Waals surface area (Å²) < 4.78 is 1.33. The summed E-state index contributed by atoms with van der Waals surface area (Å²) in [6, 6.07) is 1.63. The molecule has 0 aromatic carbocycles. The molecule has 0 radical (unpaired) electrons. The summed E-state index contributed by atoms with van der Waals surface area (Å²) in [6.45, 7) is 5.63. The Bertz CT molecular complexity index is 639. The number of aromatic nitrogens is 2. The van der Waals surface area contributed by atoms with Gasteiger partial charge in [-0.3, -0.25) is 9.59 Å². The van der Waals surface area contributed by atoms with Gasteiger partial charge in [0.1, 0.15) is 0 Å². The third-order valence-electron chi connectivity index (χ3n) is 5.30. The van der Waals surface area contributed by atoms with E-state index in [-0.39, 0.29) is 11.5 Å². The molecule has 1 aromatic heterocycles. The standard InChI is InChI=1S/C18H29N5O2/c1-21-18(25)11-16(13-20-21)23-10-5-15(14-23)12-19-17(24)6-9-22-7-3-2-4-8-22/h11,13,15H,2-10,12,14H2,1H3,(H,19,24)/t15-/m1/s1. The second-order valence-corrected chi connectivity index (χ2v) is 7.23. The van der Waals surface area contributed by atoms with Gasteiger partial charge in [-0.2, -0.15) is 5.10 Å². The van der Waals surface area contributed by atoms with Gasteiger partial charge < -0.3 is 15.1 Å². The largest absolute Gasteiger partial charge is 0.370 e. The number of carbonyl (C=O) groups is 1. The molecule has 0 aliphatic carbocycles. The summed E-state index contributed by atoms with van der Waals surface area (Å²) in [4.78, 5) is 28.4. The molecule has 2 aliphatic rings. The van der Waals surface area contributed by atoms with Gasteiger partial charge in [0.15, 0.2) is 0 Å². The molecule has 2 fully saturated rings. The number of carbonyl (C=O) groups excluding carboxylic acids is 1. The van der Waals surface area contributed by atoms with Gasteiger partial charge in [0.2, 0.25) is 5.91 Å². The topological polar surface area (TPSA) is 70.5 Å². The first kappa shape index (κ1) is 17.9. The number of nitrogens with one attached hydrogen (secondary N) is 1. The summed E-state index contributed by atoms with van der Waals surface area (Å²) in [6.07, 6.45) is 7.20. The lowest BCUT2D eigenvalue weighted by Crippen LogP contribution is -2.36. The Kier molecular flexibility index (Phi) is 6.07. The second kappa shape index (κ2) is 8.47. The Morgan fingerprint density at radius 3 is 2.84 bits per heavy atom. The zero-order valence-electron chi connectivity index (χ0n) is 15.1. The van der Waals surface area contributed by atoms with Crippen LogP contribution in [0.15, 0.2) is 17.1 Å². The molecule has 7 nitrogen and oxygen atoms in total. The van der Waals surface area contributed by atoms with E-state index >= 15 is 0 Å². The minimum Gasteiger partial charge on any atom is -0.370 e. The Morgan fingerprint density at radius 2 is 2.08 bits per heavy atom. The van der Waals surface area contributed by atoms with Crippen LogP contribution in [0.25, 0.3) is 0 Å². The first-order valence-corrected chi connectivity index (χ1v) is 9.39. The number of anilines is 1. The van der Waals surface area contributed by atoms with Crippen molar-refractivity contribution in [1.29, 1.82) is 0 Å². The average Bonchev–Trinajstić information content (AvgIpc) is 3.10. The minimum atomic E-state index is -0.0908. The van der Waals surface area contributed by atoms with Crippen LogP contribution in [0.4, 0.5) is 5.69 Å². The van der Waals surface area contributed by atoms with Crippen LogP contribution >= 0.6 is 0 Å². The summed E-state index contributed by atoms with van der Waals surface area (Å²) in [5, 5.41) is 7.16. The quantitative estimate of drug-likeness (QED) is 0.816. The van der Waals surface area contributed by atoms with Gasteiger partial charge >= 0.3 is 0 Å². The number of piperidine rings is 1. The highest BCUT2D eigenvalue weighted by Gasteiger charge is 2.23. The predicted molar refractivity (Wildman–Crippen MR) is 97.7 cm³/mol. The number of likely N-dealkylation sites (tertiary alicyclic amines) is 1. The first-order valence-electron chi connectivity index (χ1n) is 9.39. The van der Waals surface area contributed by atoms with Crippen LogP contribution in [0.5, 0.6) is 0 Å². The Morgan fingerprint density at radius 1 is 1.28 bits per heavy atom. The molecule has 0 bridgehead atoms. The van der Waals surface area contributed by atoms with E-state index in [1.807, 2.05) is 0 Å². The van der Waals surface area contributed by atoms with Crippen LogP contribution in [0, 0.1) is 5.92 Å². The fraction of sp³-hybridized carbons (Fsp3) is 0.722. The summed E-state index contributed by atoms with van der Waals surface area (Å²) in [5.41, 5.74) is 0.786. The van der Waals surface area contributed by atoms with E-state index in [4.69, 9.17) is 0 Å². The molecule has 1 atom stereocenters. The van der Waals surface area contributed by atoms with E-state index in [1.165, 1.54) is 23.9 Å². The maximum absolute atomic E-state index is 12.1. The van der Waals surface area contributed by atoms with Crippen LogP contribution < -0.4 is 15.8 Å². The fourth-order valence-corrected chi connectivity index (χ4v) is 3.66. The highest BCUT2D eigenvalue weighted by Crippen LogP contribution is 2.21. The molecule has 1 N–H and O–H groups in total. The van der Waals surface area contributed by atoms with Crippen molar-refractivity contribution in [3.63, 3.8) is 0 Å². The molecule has 0 spiro atoms. The van der Waals surface area contributed by atoms with Crippen LogP contribution in [0.1, 0.15) is 32.1 Å². The molecule has 3 heterocycles. The third kappa shape index (κ3) is 5.04. The predicted octanol–water partition coefficient (Wildman–Crippen LogP) is 0.599. The van der Waals surface area contributed by atoms with Crippen molar-refractivity contribution < 1.29 is 4.79 Å². The number of amides is 1. The zero-order valence-corrected chi connectivity index (χ0v) is 15.1. The van der Waals surface area contributed by atoms with Crippen molar-refractivity contribution >= 4 is 11.6 Å². The highest BCUT2D eigenvalue weighted by molar-refractivity contribution is 5.76. The van der Waals surface area contributed by atoms with E-state index in [0.717, 1.165) is 44.8 Å². The van der Waals surface area contributed by atoms with Gasteiger partial charge in [0.05, 0.1) is 11.9 Å². The third-order valence-corrected chi connectivity index (χ3v) is 5.30. The molecule has 0 saturated carbocycles. The number of hydrogen-bond donors (Lipinski definition) is 1. The molecular weight excluding hydrogens is 318 g/mol. The van der Waals surface area contributed by atoms with E-state index < -0.39 is 0 Å². The normalized spacial score (nSPS) is 21.5. The summed E-state index contributed by atoms with van der Waals surface area (Å²) in [5.74, 6) is 0.585. The fourth-order valence-electron chi connectivity index (χ4n) is 3.66. The lowest BCUT2D eigenvalue weighted by atomic mass is 10.1. The SMILES string of the molecule is Cn1ncc(N2CC[C@H](CNC(=O)CCN3CCCCC3)C2)cc1=O. The van der Waals surface area contributed by atoms with Gasteiger partial charge in [-0.25, -0.2) is 4.68 Å². The van der Waals surface area contributed by atoms with Crippen molar-refractivity contribution in [1.82, 2.24) is 20.0 Å². The van der Waals surface area contributed by atoms with Gasteiger partial charge in [-0.05, 0) is 38.3 Å². The smallest absolute Gasteiger partial charge is 0.268 e. The van der Waals surface area contributed by atoms with Gasteiger partial charge in [0, 0.05) is 45.7 Å². The van der Waals surface area contributed by atoms with E-state index in [1.54, 1.807) is 19.3 Å². The number of rotatable bonds is 6. The van der Waals surface area contributed by atoms with Crippen molar-refractivity contribution in [2.45, 2.75) is 32.1 Å². The Hall–Kier alpha value is -1.89. The van der Waals surface area contributed by atoms with Crippen LogP contribution in [-0.4, -0.2) is 59.9 Å². The molecule has 2 aliphatic heterocycles. The molecule has 138 valence electrons. The minimum absolute atomic E-state index is 0.0908. The Labute approximate surface area is 149 Å². The monoisotopic (exact) mass is 347 g/mol. The number of nitrogens with zero attached hydrogens (tertiary/aromatic N) is 4. The molecule has 0 unspecified atom stereocenters. The zero-order chi connectivity index (χ0) is 17.6. The van der Waals surface area contributed by atoms with Crippen molar-refractivity contribution in [2.75, 3.05) is 44.2 Å². The number of aryl methyl sites for hydroxylation is 1. The van der Waals surface area contributed by atoms with Crippen molar-refractivity contribution in [3.05, 3.63) is 22.6 Å². The molecule has 7 heteroatoms. The Balaban J connectivity index is 1.38. The van der Waals surface area contributed by atoms with Gasteiger partial charge in [0.25, 0.3) is 5.56 Å². The molecule has 25 heavy (non-hydrogen) atoms. The van der Waals surface area contributed by atoms with Crippen molar-refractivity contribution in [2.24, 2.45) is 13.0 Å². The first-order chi connectivity index (χ1) is 12.1. The van der Waals surface area contributed by atoms with Crippen molar-refractivity contribution in [3.8, 4) is 0 Å². The highest BCUT2D eigenvalue weighted by atomic mass is 16.1. The average molecular weight is 347 g/mol. The summed E-state index contributed by atoms with van der Waals surface area (Å²) in [7, 11) is 1.65. The maximum atomic E-state index is 12.1. The number of hydrogen-bond acceptors (Lipinski definition) is 5. The van der Waals surface area contributed by atoms with E-state index in [0.29, 0.717) is 18.9 Å². The van der Waals surface area contributed by atoms with E-state index in [2.05, 4.69) is 20.2 Å². The lowest BCUT2D eigenvalue weighted by Gasteiger charge is -2.26. The van der Waals surface area contributed by atoms with Crippen LogP contribution in [0.2, 0.25) is 0 Å². The molecule has 3 rings (SSSR count). The summed E-state index contributed by atoms with van der Waals surface area (Å²) >= 11 is 0. The second-order valence-electron chi connectivity index (χ2n) is 7.23. The molecule has 1 amide bonds. The van der Waals surface area contributed by atoms with E-state index in [9.17, 15) is 9.59 Å². The van der Waals surface area contributed by atoms with Gasteiger partial charge in [-0.1, -0.05) is 6.42 Å².